The molecule has 0 unspecified atom stereocenters. The molecular formula is C18H25N5O3S2. The fourth-order valence-electron chi connectivity index (χ4n) is 3.42. The van der Waals surface area contributed by atoms with Crippen molar-refractivity contribution < 1.29 is 13.2 Å². The van der Waals surface area contributed by atoms with E-state index in [9.17, 15) is 13.2 Å². The first-order valence-corrected chi connectivity index (χ1v) is 11.2. The number of hydrogen-bond donors (Lipinski definition) is 2. The highest BCUT2D eigenvalue weighted by Crippen LogP contribution is 2.26. The van der Waals surface area contributed by atoms with E-state index in [0.29, 0.717) is 43.7 Å². The van der Waals surface area contributed by atoms with E-state index in [1.807, 2.05) is 18.4 Å². The van der Waals surface area contributed by atoms with Crippen molar-refractivity contribution in [2.75, 3.05) is 13.1 Å². The average molecular weight is 424 g/mol. The monoisotopic (exact) mass is 423 g/mol. The molecule has 8 nitrogen and oxygen atoms in total. The smallest absolute Gasteiger partial charge is 0.243 e. The third kappa shape index (κ3) is 4.18. The minimum Gasteiger partial charge on any atom is -0.354 e. The Labute approximate surface area is 170 Å². The molecule has 1 fully saturated rings. The molecular weight excluding hydrogens is 398 g/mol. The molecule has 0 radical (unpaired) electrons. The van der Waals surface area contributed by atoms with Gasteiger partial charge < -0.3 is 9.88 Å². The largest absolute Gasteiger partial charge is 0.354 e. The molecule has 1 aromatic carbocycles. The van der Waals surface area contributed by atoms with E-state index in [-0.39, 0.29) is 10.8 Å². The third-order valence-electron chi connectivity index (χ3n) is 4.94. The van der Waals surface area contributed by atoms with Crippen molar-refractivity contribution in [3.8, 4) is 0 Å². The van der Waals surface area contributed by atoms with Crippen LogP contribution in [0.3, 0.4) is 0 Å². The molecule has 1 saturated heterocycles. The number of amides is 1. The van der Waals surface area contributed by atoms with Crippen molar-refractivity contribution >= 4 is 28.1 Å². The molecule has 1 aliphatic rings. The van der Waals surface area contributed by atoms with Gasteiger partial charge in [-0.15, -0.1) is 0 Å². The molecule has 1 amide bonds. The Morgan fingerprint density at radius 2 is 2.07 bits per heavy atom. The first-order valence-electron chi connectivity index (χ1n) is 9.35. The van der Waals surface area contributed by atoms with Crippen molar-refractivity contribution in [2.24, 2.45) is 0 Å². The highest BCUT2D eigenvalue weighted by molar-refractivity contribution is 7.89. The minimum absolute atomic E-state index is 0.219. The summed E-state index contributed by atoms with van der Waals surface area (Å²) in [7, 11) is -3.70. The number of nitrogens with zero attached hydrogens (tertiary/aromatic N) is 3. The molecule has 10 heteroatoms. The zero-order valence-corrected chi connectivity index (χ0v) is 17.6. The van der Waals surface area contributed by atoms with E-state index < -0.39 is 16.1 Å². The topological polar surface area (TPSA) is 100 Å². The van der Waals surface area contributed by atoms with Gasteiger partial charge >= 0.3 is 0 Å². The Morgan fingerprint density at radius 3 is 2.75 bits per heavy atom. The zero-order valence-electron chi connectivity index (χ0n) is 16.0. The van der Waals surface area contributed by atoms with Crippen molar-refractivity contribution in [2.45, 2.75) is 50.6 Å². The van der Waals surface area contributed by atoms with Gasteiger partial charge in [0.05, 0.1) is 4.90 Å². The normalized spacial score (nSPS) is 17.7. The minimum atomic E-state index is -3.70. The number of nitrogens with one attached hydrogen (secondary N) is 2. The fourth-order valence-corrected chi connectivity index (χ4v) is 5.35. The second-order valence-electron chi connectivity index (χ2n) is 6.82. The molecule has 0 aliphatic carbocycles. The van der Waals surface area contributed by atoms with Crippen LogP contribution in [0.4, 0.5) is 0 Å². The van der Waals surface area contributed by atoms with Gasteiger partial charge in [0.1, 0.15) is 11.9 Å². The maximum atomic E-state index is 13.0. The number of aryl methyl sites for hydroxylation is 1. The first-order chi connectivity index (χ1) is 13.3. The number of sulfonamides is 1. The van der Waals surface area contributed by atoms with Crippen LogP contribution in [-0.4, -0.2) is 52.5 Å². The maximum absolute atomic E-state index is 13.0. The van der Waals surface area contributed by atoms with Gasteiger partial charge in [-0.1, -0.05) is 17.7 Å². The number of benzene rings is 1. The van der Waals surface area contributed by atoms with Crippen LogP contribution in [0, 0.1) is 11.7 Å². The van der Waals surface area contributed by atoms with E-state index in [4.69, 9.17) is 12.2 Å². The molecule has 1 atom stereocenters. The lowest BCUT2D eigenvalue weighted by molar-refractivity contribution is -0.124. The van der Waals surface area contributed by atoms with Crippen LogP contribution in [-0.2, 0) is 27.8 Å². The van der Waals surface area contributed by atoms with Crippen molar-refractivity contribution in [1.82, 2.24) is 24.4 Å². The summed E-state index contributed by atoms with van der Waals surface area (Å²) in [6.45, 7) is 5.29. The van der Waals surface area contributed by atoms with Crippen LogP contribution in [0.5, 0.6) is 0 Å². The van der Waals surface area contributed by atoms with E-state index in [2.05, 4.69) is 15.5 Å². The molecule has 2 aromatic rings. The van der Waals surface area contributed by atoms with Crippen LogP contribution in [0.1, 0.15) is 31.2 Å². The highest BCUT2D eigenvalue weighted by Gasteiger charge is 2.39. The van der Waals surface area contributed by atoms with Crippen molar-refractivity contribution in [3.63, 3.8) is 0 Å². The number of aromatic amines is 1. The maximum Gasteiger partial charge on any atom is 0.243 e. The van der Waals surface area contributed by atoms with Crippen LogP contribution in [0.2, 0.25) is 0 Å². The van der Waals surface area contributed by atoms with Gasteiger partial charge in [-0.2, -0.15) is 9.40 Å². The second-order valence-corrected chi connectivity index (χ2v) is 9.09. The van der Waals surface area contributed by atoms with Gasteiger partial charge in [-0.3, -0.25) is 9.89 Å². The standard InChI is InChI=1S/C18H25N5O3S2/c1-3-22-16(20-21-18(22)27)10-11-19-17(24)15-5-4-12-23(15)28(25,26)14-8-6-13(2)7-9-14/h6-9,15H,3-5,10-12H2,1-2H3,(H,19,24)(H,21,27)/t15-/m0/s1. The highest BCUT2D eigenvalue weighted by atomic mass is 32.2. The summed E-state index contributed by atoms with van der Waals surface area (Å²) in [6, 6.07) is 6.02. The number of aromatic nitrogens is 3. The number of carbonyl (C=O) groups is 1. The van der Waals surface area contributed by atoms with Gasteiger partial charge in [0.2, 0.25) is 15.9 Å². The van der Waals surface area contributed by atoms with Crippen molar-refractivity contribution in [3.05, 3.63) is 40.4 Å². The average Bonchev–Trinajstić information content (AvgIpc) is 3.29. The fraction of sp³-hybridized carbons (Fsp3) is 0.500. The van der Waals surface area contributed by atoms with E-state index in [1.165, 1.54) is 4.31 Å². The molecule has 1 aromatic heterocycles. The van der Waals surface area contributed by atoms with Gasteiger partial charge in [-0.05, 0) is 51.0 Å². The van der Waals surface area contributed by atoms with Gasteiger partial charge in [0, 0.05) is 26.1 Å². The lowest BCUT2D eigenvalue weighted by Gasteiger charge is -2.23. The predicted octanol–water partition coefficient (Wildman–Crippen LogP) is 1.78. The third-order valence-corrected chi connectivity index (χ3v) is 7.17. The van der Waals surface area contributed by atoms with Crippen molar-refractivity contribution in [1.29, 1.82) is 0 Å². The Morgan fingerprint density at radius 1 is 1.36 bits per heavy atom. The van der Waals surface area contributed by atoms with E-state index in [0.717, 1.165) is 11.4 Å². The van der Waals surface area contributed by atoms with E-state index in [1.54, 1.807) is 24.3 Å². The van der Waals surface area contributed by atoms with Crippen LogP contribution >= 0.6 is 12.2 Å². The van der Waals surface area contributed by atoms with Gasteiger partial charge in [-0.25, -0.2) is 8.42 Å². The Balaban J connectivity index is 1.66. The Hall–Kier alpha value is -2.04. The van der Waals surface area contributed by atoms with Gasteiger partial charge in [0.15, 0.2) is 4.77 Å². The van der Waals surface area contributed by atoms with Crippen LogP contribution in [0.15, 0.2) is 29.2 Å². The predicted molar refractivity (Wildman–Crippen MR) is 108 cm³/mol. The summed E-state index contributed by atoms with van der Waals surface area (Å²) in [5, 5.41) is 9.77. The lowest BCUT2D eigenvalue weighted by atomic mass is 10.2. The molecule has 0 bridgehead atoms. The molecule has 2 N–H and O–H groups in total. The SMILES string of the molecule is CCn1c(CCNC(=O)[C@@H]2CCCN2S(=O)(=O)c2ccc(C)cc2)n[nH]c1=S. The molecule has 28 heavy (non-hydrogen) atoms. The lowest BCUT2D eigenvalue weighted by Crippen LogP contribution is -2.46. The summed E-state index contributed by atoms with van der Waals surface area (Å²) in [5.74, 6) is 0.494. The number of H-pyrrole nitrogens is 1. The molecule has 0 saturated carbocycles. The molecule has 1 aliphatic heterocycles. The Kier molecular flexibility index (Phi) is 6.31. The summed E-state index contributed by atoms with van der Waals surface area (Å²) >= 11 is 5.16. The zero-order chi connectivity index (χ0) is 20.3. The number of carbonyl (C=O) groups excluding carboxylic acids is 1. The van der Waals surface area contributed by atoms with Crippen LogP contribution < -0.4 is 5.32 Å². The first kappa shape index (κ1) is 20.7. The Bertz CT molecular complexity index is 995. The van der Waals surface area contributed by atoms with Crippen LogP contribution in [0.25, 0.3) is 0 Å². The van der Waals surface area contributed by atoms with E-state index >= 15 is 0 Å². The molecule has 3 rings (SSSR count). The van der Waals surface area contributed by atoms with Gasteiger partial charge in [0.25, 0.3) is 0 Å². The summed E-state index contributed by atoms with van der Waals surface area (Å²) in [4.78, 5) is 12.9. The number of hydrogen-bond acceptors (Lipinski definition) is 5. The summed E-state index contributed by atoms with van der Waals surface area (Å²) in [5.41, 5.74) is 0.986. The molecule has 152 valence electrons. The summed E-state index contributed by atoms with van der Waals surface area (Å²) < 4.78 is 29.6. The quantitative estimate of drug-likeness (QED) is 0.661. The molecule has 2 heterocycles. The second kappa shape index (κ2) is 8.54. The summed E-state index contributed by atoms with van der Waals surface area (Å²) in [6.07, 6.45) is 1.70. The molecule has 0 spiro atoms. The number of rotatable bonds is 7.